The Hall–Kier alpha value is -13.6. The van der Waals surface area contributed by atoms with E-state index < -0.39 is 143 Å². The van der Waals surface area contributed by atoms with Crippen LogP contribution in [0.5, 0.6) is 17.2 Å². The molecular weight excluding hydrogens is 1520 g/mol. The third-order valence-electron chi connectivity index (χ3n) is 19.5. The Labute approximate surface area is 681 Å². The average molecular weight is 1620 g/mol. The van der Waals surface area contributed by atoms with E-state index in [2.05, 4.69) is 54.8 Å². The summed E-state index contributed by atoms with van der Waals surface area (Å²) in [6, 6.07) is 40.4. The molecule has 118 heavy (non-hydrogen) atoms. The Morgan fingerprint density at radius 1 is 0.280 bits per heavy atom. The van der Waals surface area contributed by atoms with Gasteiger partial charge in [-0.1, -0.05) is 168 Å². The quantitative estimate of drug-likeness (QED) is 0.0260. The molecule has 6 aromatic carbocycles. The van der Waals surface area contributed by atoms with Crippen molar-refractivity contribution in [2.45, 2.75) is 125 Å². The zero-order chi connectivity index (χ0) is 86.3. The minimum atomic E-state index is -0.898. The van der Waals surface area contributed by atoms with Crippen LogP contribution < -0.4 is 62.1 Å². The predicted octanol–water partition coefficient (Wildman–Crippen LogP) is 7.01. The van der Waals surface area contributed by atoms with Crippen molar-refractivity contribution in [2.24, 2.45) is 35.5 Å². The number of carbonyl (C=O) groups excluding carboxylic acids is 18. The lowest BCUT2D eigenvalue weighted by molar-refractivity contribution is -0.144. The molecule has 33 heteroatoms. The van der Waals surface area contributed by atoms with Crippen molar-refractivity contribution in [2.75, 3.05) is 41.0 Å². The molecule has 6 heterocycles. The topological polar surface area (TPSA) is 453 Å². The largest absolute Gasteiger partial charge is 0.497 e. The smallest absolute Gasteiger partial charge is 0.330 e. The maximum absolute atomic E-state index is 12.5. The molecule has 6 aromatic rings. The van der Waals surface area contributed by atoms with Crippen LogP contribution in [0.2, 0.25) is 0 Å². The molecule has 0 spiro atoms. The van der Waals surface area contributed by atoms with Gasteiger partial charge in [0.15, 0.2) is 0 Å². The molecule has 6 saturated heterocycles. The average Bonchev–Trinajstić information content (AvgIpc) is 0.893. The minimum absolute atomic E-state index is 0.224. The van der Waals surface area contributed by atoms with Crippen LogP contribution in [0.1, 0.15) is 116 Å². The molecular formula is C85H98N12O21. The van der Waals surface area contributed by atoms with Gasteiger partial charge in [-0.2, -0.15) is 0 Å². The minimum Gasteiger partial charge on any atom is -0.497 e. The van der Waals surface area contributed by atoms with Gasteiger partial charge in [-0.3, -0.25) is 120 Å². The second-order valence-electron chi connectivity index (χ2n) is 28.0. The number of unbranched alkanes of at least 4 members (excludes halogenated alkanes) is 3. The molecule has 624 valence electrons. The highest BCUT2D eigenvalue weighted by Crippen LogP contribution is 2.27. The number of amides is 24. The van der Waals surface area contributed by atoms with Crippen molar-refractivity contribution in [3.63, 3.8) is 0 Å². The first-order chi connectivity index (χ1) is 56.4. The fraction of sp³-hybridized carbons (Fsp3) is 0.365. The van der Waals surface area contributed by atoms with E-state index in [1.165, 1.54) is 5.56 Å². The van der Waals surface area contributed by atoms with Crippen LogP contribution in [-0.4, -0.2) is 163 Å². The third kappa shape index (κ3) is 26.2. The first-order valence-corrected chi connectivity index (χ1v) is 38.5. The van der Waals surface area contributed by atoms with Gasteiger partial charge in [0, 0.05) is 19.6 Å². The summed E-state index contributed by atoms with van der Waals surface area (Å²) in [6.45, 7) is 12.9. The standard InChI is InChI=1S/C17H22N2O4.C16H20N2O4.C15H18N2O3.C13H14N2O4.C13H14N2O3.C11H10N2O3/c1-4-5-8-19-16(21)13(15(20)18-17(19)22)9-12-7-6-11(2)14(10-12)23-3;1-3-4-9-18-15(20)13(14(19)17-16(18)21)10-11-5-7-12(22-2)8-6-11;1-2-3-9-17-14(19)12(13(18)16-15(17)20)10-11-7-5-4-6-8-11;1-7-3-4-8(6-10(7)19-2)5-9-11(16)14-13(18)15-12(9)17;1-2-8-3-5-9(6-4-8)7-10-11(16)14-13(18)15-12(10)17;14-9-8(10(15)13-11(16)12-9)6-7-4-2-1-3-5-7/h6-7,10,13H,4-5,8-9H2,1-3H3,(H,18,20,22);5-8,13H,3-4,9-10H2,1-2H3,(H,17,19,21);4-8,12H,2-3,9-10H2,1H3,(H,16,18,20);3-4,6,9H,5H2,1-2H3,(H2,14,15,16,17,18);3-6,10H,2,7H2,1H3,(H2,14,15,16,17,18);1-5,8H,6H2,(H2,12,13,14,15,16). The Kier molecular flexibility index (Phi) is 34.8. The van der Waals surface area contributed by atoms with Crippen LogP contribution in [0.25, 0.3) is 0 Å². The summed E-state index contributed by atoms with van der Waals surface area (Å²) in [5, 5.41) is 19.3. The van der Waals surface area contributed by atoms with E-state index in [1.807, 2.05) is 162 Å². The fourth-order valence-corrected chi connectivity index (χ4v) is 12.6. The van der Waals surface area contributed by atoms with Crippen molar-refractivity contribution >= 4 is 107 Å². The van der Waals surface area contributed by atoms with Crippen LogP contribution in [0.15, 0.2) is 146 Å². The number of aryl methyl sites for hydroxylation is 3. The van der Waals surface area contributed by atoms with E-state index in [4.69, 9.17) is 14.2 Å². The molecule has 33 nitrogen and oxygen atoms in total. The van der Waals surface area contributed by atoms with Crippen molar-refractivity contribution in [1.29, 1.82) is 0 Å². The van der Waals surface area contributed by atoms with E-state index in [0.29, 0.717) is 56.1 Å². The van der Waals surface area contributed by atoms with Crippen LogP contribution in [-0.2, 0) is 102 Å². The van der Waals surface area contributed by atoms with Crippen molar-refractivity contribution in [3.8, 4) is 17.2 Å². The van der Waals surface area contributed by atoms with Crippen LogP contribution in [0.4, 0.5) is 28.8 Å². The van der Waals surface area contributed by atoms with E-state index in [1.54, 1.807) is 39.5 Å². The number of carbonyl (C=O) groups is 18. The van der Waals surface area contributed by atoms with Gasteiger partial charge in [-0.15, -0.1) is 0 Å². The number of hydrogen-bond donors (Lipinski definition) is 9. The lowest BCUT2D eigenvalue weighted by atomic mass is 9.94. The Bertz CT molecular complexity index is 4650. The highest BCUT2D eigenvalue weighted by Gasteiger charge is 2.44. The highest BCUT2D eigenvalue weighted by atomic mass is 16.5. The van der Waals surface area contributed by atoms with Crippen molar-refractivity contribution in [3.05, 3.63) is 196 Å². The van der Waals surface area contributed by atoms with Gasteiger partial charge in [-0.25, -0.2) is 28.8 Å². The predicted molar refractivity (Wildman–Crippen MR) is 426 cm³/mol. The van der Waals surface area contributed by atoms with Gasteiger partial charge >= 0.3 is 36.2 Å². The zero-order valence-corrected chi connectivity index (χ0v) is 67.0. The van der Waals surface area contributed by atoms with Gasteiger partial charge in [0.1, 0.15) is 52.8 Å². The molecule has 0 bridgehead atoms. The normalized spacial score (nSPS) is 17.6. The summed E-state index contributed by atoms with van der Waals surface area (Å²) in [5.41, 5.74) is 8.31. The van der Waals surface area contributed by atoms with E-state index in [9.17, 15) is 86.3 Å². The van der Waals surface area contributed by atoms with E-state index >= 15 is 0 Å². The Balaban J connectivity index is 0.000000196. The van der Waals surface area contributed by atoms with Gasteiger partial charge in [0.05, 0.1) is 21.3 Å². The first-order valence-electron chi connectivity index (χ1n) is 38.5. The number of rotatable bonds is 25. The molecule has 6 fully saturated rings. The summed E-state index contributed by atoms with van der Waals surface area (Å²) >= 11 is 0. The molecule has 6 aliphatic rings. The van der Waals surface area contributed by atoms with Gasteiger partial charge < -0.3 is 14.2 Å². The molecule has 6 aliphatic heterocycles. The maximum Gasteiger partial charge on any atom is 0.330 e. The van der Waals surface area contributed by atoms with Gasteiger partial charge in [0.2, 0.25) is 70.9 Å². The number of barbiturate groups is 6. The molecule has 9 N–H and O–H groups in total. The Morgan fingerprint density at radius 3 is 0.805 bits per heavy atom. The number of nitrogens with one attached hydrogen (secondary N) is 9. The summed E-state index contributed by atoms with van der Waals surface area (Å²) in [7, 11) is 4.71. The Morgan fingerprint density at radius 2 is 0.525 bits per heavy atom. The van der Waals surface area contributed by atoms with Gasteiger partial charge in [-0.05, 0) is 152 Å². The molecule has 3 unspecified atom stereocenters. The zero-order valence-electron chi connectivity index (χ0n) is 67.0. The second kappa shape index (κ2) is 44.9. The number of nitrogens with zero attached hydrogens (tertiary/aromatic N) is 3. The summed E-state index contributed by atoms with van der Waals surface area (Å²) < 4.78 is 15.5. The third-order valence-corrected chi connectivity index (χ3v) is 19.5. The summed E-state index contributed by atoms with van der Waals surface area (Å²) in [5.74, 6) is -9.11. The lowest BCUT2D eigenvalue weighted by Gasteiger charge is -2.30. The van der Waals surface area contributed by atoms with E-state index in [0.717, 1.165) is 104 Å². The number of ether oxygens (including phenoxy) is 3. The summed E-state index contributed by atoms with van der Waals surface area (Å²) in [4.78, 5) is 214. The monoisotopic (exact) mass is 1620 g/mol. The van der Waals surface area contributed by atoms with Crippen LogP contribution in [0, 0.1) is 49.4 Å². The van der Waals surface area contributed by atoms with Crippen LogP contribution >= 0.6 is 0 Å². The number of imide groups is 12. The summed E-state index contributed by atoms with van der Waals surface area (Å²) in [6.07, 6.45) is 7.41. The molecule has 0 aromatic heterocycles. The van der Waals surface area contributed by atoms with Crippen molar-refractivity contribution < 1.29 is 101 Å². The molecule has 24 amide bonds. The molecule has 0 aliphatic carbocycles. The molecule has 3 atom stereocenters. The fourth-order valence-electron chi connectivity index (χ4n) is 12.6. The lowest BCUT2D eigenvalue weighted by Crippen LogP contribution is -2.58. The SMILES string of the molecule is CCCCN1C(=O)NC(=O)C(Cc2ccc(C)c(OC)c2)C1=O.CCCCN1C(=O)NC(=O)C(Cc2ccc(OC)cc2)C1=O.CCCCN1C(=O)NC(=O)C(Cc2ccccc2)C1=O.CCc1ccc(CC2C(=O)NC(=O)NC2=O)cc1.COc1cc(CC2C(=O)NC(=O)NC2=O)ccc1C.O=C1NC(=O)C(Cc2ccccc2)C(=O)N1. The first kappa shape index (κ1) is 91.6. The number of hydrogen-bond acceptors (Lipinski definition) is 21. The highest BCUT2D eigenvalue weighted by molar-refractivity contribution is 6.20. The molecule has 0 saturated carbocycles. The molecule has 0 radical (unpaired) electrons. The van der Waals surface area contributed by atoms with Crippen LogP contribution in [0.3, 0.4) is 0 Å². The second-order valence-corrected chi connectivity index (χ2v) is 28.0. The maximum atomic E-state index is 12.5. The van der Waals surface area contributed by atoms with E-state index in [-0.39, 0.29) is 19.3 Å². The molecule has 12 rings (SSSR count). The van der Waals surface area contributed by atoms with Crippen molar-refractivity contribution in [1.82, 2.24) is 62.6 Å². The number of urea groups is 6. The number of benzene rings is 6. The van der Waals surface area contributed by atoms with Gasteiger partial charge in [0.25, 0.3) is 0 Å². The number of methoxy groups -OCH3 is 3.